The Morgan fingerprint density at radius 2 is 1.81 bits per heavy atom. The zero-order valence-corrected chi connectivity index (χ0v) is 15.8. The zero-order chi connectivity index (χ0) is 19.2. The molecular formula is C21H25N3O3. The van der Waals surface area contributed by atoms with Gasteiger partial charge in [0, 0.05) is 24.9 Å². The number of hydrogen-bond donors (Lipinski definition) is 2. The minimum atomic E-state index is -0.720. The number of amides is 1. The van der Waals surface area contributed by atoms with Gasteiger partial charge in [-0.1, -0.05) is 42.2 Å². The smallest absolute Gasteiger partial charge is 0.315 e. The first kappa shape index (κ1) is 17.8. The summed E-state index contributed by atoms with van der Waals surface area (Å²) in [6.45, 7) is 5.20. The van der Waals surface area contributed by atoms with Crippen molar-refractivity contribution in [3.63, 3.8) is 0 Å². The van der Waals surface area contributed by atoms with E-state index in [0.717, 1.165) is 25.7 Å². The summed E-state index contributed by atoms with van der Waals surface area (Å²) in [5.41, 5.74) is 2.99. The zero-order valence-electron chi connectivity index (χ0n) is 15.8. The fourth-order valence-electron chi connectivity index (χ4n) is 4.76. The molecule has 0 radical (unpaired) electrons. The Bertz CT molecular complexity index is 951. The summed E-state index contributed by atoms with van der Waals surface area (Å²) in [5.74, 6) is -0.363. The molecule has 1 aliphatic heterocycles. The third-order valence-electron chi connectivity index (χ3n) is 5.97. The third-order valence-corrected chi connectivity index (χ3v) is 5.97. The largest absolute Gasteiger partial charge is 0.501 e. The van der Waals surface area contributed by atoms with Crippen LogP contribution in [-0.2, 0) is 18.4 Å². The van der Waals surface area contributed by atoms with E-state index in [1.807, 2.05) is 0 Å². The number of carbonyl (C=O) groups excluding carboxylic acids is 1. The van der Waals surface area contributed by atoms with E-state index in [4.69, 9.17) is 0 Å². The van der Waals surface area contributed by atoms with E-state index >= 15 is 0 Å². The summed E-state index contributed by atoms with van der Waals surface area (Å²) < 4.78 is 1.73. The molecule has 142 valence electrons. The highest BCUT2D eigenvalue weighted by atomic mass is 16.3. The number of carbonyl (C=O) groups is 1. The SMILES string of the molecule is Cc1cc(C)cc(C2(Cc3nc(=O)c(O)c4n3CCNC4=O)CCCC2)c1. The molecule has 2 aliphatic rings. The number of rotatable bonds is 3. The van der Waals surface area contributed by atoms with Gasteiger partial charge in [-0.3, -0.25) is 9.59 Å². The fraction of sp³-hybridized carbons (Fsp3) is 0.476. The second-order valence-corrected chi connectivity index (χ2v) is 7.98. The molecule has 2 heterocycles. The van der Waals surface area contributed by atoms with E-state index in [1.54, 1.807) is 4.57 Å². The van der Waals surface area contributed by atoms with Crippen LogP contribution >= 0.6 is 0 Å². The molecule has 1 aliphatic carbocycles. The molecule has 27 heavy (non-hydrogen) atoms. The lowest BCUT2D eigenvalue weighted by Gasteiger charge is -2.32. The second-order valence-electron chi connectivity index (χ2n) is 7.98. The first-order valence-electron chi connectivity index (χ1n) is 9.59. The number of hydrogen-bond acceptors (Lipinski definition) is 4. The van der Waals surface area contributed by atoms with E-state index in [0.29, 0.717) is 25.3 Å². The number of aromatic nitrogens is 2. The molecule has 1 saturated carbocycles. The van der Waals surface area contributed by atoms with E-state index in [9.17, 15) is 14.7 Å². The average Bonchev–Trinajstić information content (AvgIpc) is 3.08. The van der Waals surface area contributed by atoms with Crippen molar-refractivity contribution in [1.29, 1.82) is 0 Å². The molecule has 0 bridgehead atoms. The van der Waals surface area contributed by atoms with Gasteiger partial charge >= 0.3 is 5.56 Å². The number of fused-ring (bicyclic) bond motifs is 1. The Hall–Kier alpha value is -2.63. The maximum atomic E-state index is 12.2. The van der Waals surface area contributed by atoms with Crippen LogP contribution in [0.1, 0.15) is 58.7 Å². The molecule has 1 aromatic carbocycles. The Morgan fingerprint density at radius 1 is 1.15 bits per heavy atom. The molecule has 6 nitrogen and oxygen atoms in total. The van der Waals surface area contributed by atoms with Gasteiger partial charge in [0.15, 0.2) is 5.69 Å². The number of nitrogens with one attached hydrogen (secondary N) is 1. The van der Waals surface area contributed by atoms with E-state index < -0.39 is 17.2 Å². The summed E-state index contributed by atoms with van der Waals surface area (Å²) in [4.78, 5) is 28.6. The molecule has 0 unspecified atom stereocenters. The van der Waals surface area contributed by atoms with Gasteiger partial charge in [-0.15, -0.1) is 0 Å². The van der Waals surface area contributed by atoms with Crippen molar-refractivity contribution in [2.45, 2.75) is 57.9 Å². The van der Waals surface area contributed by atoms with Gasteiger partial charge in [0.25, 0.3) is 5.91 Å². The normalized spacial score (nSPS) is 18.2. The average molecular weight is 367 g/mol. The van der Waals surface area contributed by atoms with Crippen LogP contribution in [0.15, 0.2) is 23.0 Å². The van der Waals surface area contributed by atoms with Crippen molar-refractivity contribution in [1.82, 2.24) is 14.9 Å². The number of aromatic hydroxyl groups is 1. The Labute approximate surface area is 158 Å². The minimum absolute atomic E-state index is 0.0461. The lowest BCUT2D eigenvalue weighted by Crippen LogP contribution is -2.41. The summed E-state index contributed by atoms with van der Waals surface area (Å²) in [7, 11) is 0. The number of nitrogens with zero attached hydrogens (tertiary/aromatic N) is 2. The van der Waals surface area contributed by atoms with Crippen LogP contribution in [-0.4, -0.2) is 27.1 Å². The van der Waals surface area contributed by atoms with Gasteiger partial charge in [-0.2, -0.15) is 4.98 Å². The monoisotopic (exact) mass is 367 g/mol. The summed E-state index contributed by atoms with van der Waals surface area (Å²) in [6, 6.07) is 6.64. The Balaban J connectivity index is 1.84. The quantitative estimate of drug-likeness (QED) is 0.872. The van der Waals surface area contributed by atoms with Crippen molar-refractivity contribution in [2.24, 2.45) is 0 Å². The highest BCUT2D eigenvalue weighted by Crippen LogP contribution is 2.44. The number of benzene rings is 1. The van der Waals surface area contributed by atoms with Gasteiger partial charge in [-0.05, 0) is 32.3 Å². The molecule has 2 N–H and O–H groups in total. The Kier molecular flexibility index (Phi) is 4.29. The van der Waals surface area contributed by atoms with Crippen LogP contribution in [0, 0.1) is 13.8 Å². The van der Waals surface area contributed by atoms with E-state index in [-0.39, 0.29) is 11.1 Å². The molecule has 2 aromatic rings. The lowest BCUT2D eigenvalue weighted by atomic mass is 9.75. The first-order chi connectivity index (χ1) is 12.9. The first-order valence-corrected chi connectivity index (χ1v) is 9.59. The maximum absolute atomic E-state index is 12.2. The molecular weight excluding hydrogens is 342 g/mol. The highest BCUT2D eigenvalue weighted by Gasteiger charge is 2.38. The topological polar surface area (TPSA) is 84.2 Å². The lowest BCUT2D eigenvalue weighted by molar-refractivity contribution is 0.0919. The van der Waals surface area contributed by atoms with Gasteiger partial charge in [-0.25, -0.2) is 0 Å². The Morgan fingerprint density at radius 3 is 2.48 bits per heavy atom. The van der Waals surface area contributed by atoms with Crippen LogP contribution in [0.4, 0.5) is 0 Å². The molecule has 1 fully saturated rings. The van der Waals surface area contributed by atoms with Crippen molar-refractivity contribution < 1.29 is 9.90 Å². The van der Waals surface area contributed by atoms with Gasteiger partial charge in [0.1, 0.15) is 5.82 Å². The molecule has 0 saturated heterocycles. The predicted molar refractivity (Wildman–Crippen MR) is 102 cm³/mol. The molecule has 0 atom stereocenters. The van der Waals surface area contributed by atoms with Crippen LogP contribution in [0.5, 0.6) is 5.75 Å². The number of aryl methyl sites for hydroxylation is 2. The second kappa shape index (κ2) is 6.51. The van der Waals surface area contributed by atoms with Crippen LogP contribution < -0.4 is 10.9 Å². The van der Waals surface area contributed by atoms with Crippen molar-refractivity contribution in [2.75, 3.05) is 6.54 Å². The highest BCUT2D eigenvalue weighted by molar-refractivity contribution is 5.95. The van der Waals surface area contributed by atoms with Crippen LogP contribution in [0.2, 0.25) is 0 Å². The summed E-state index contributed by atoms with van der Waals surface area (Å²) in [5, 5.41) is 12.8. The van der Waals surface area contributed by atoms with Crippen LogP contribution in [0.25, 0.3) is 0 Å². The molecule has 1 aromatic heterocycles. The van der Waals surface area contributed by atoms with Gasteiger partial charge < -0.3 is 15.0 Å². The molecule has 4 rings (SSSR count). The molecule has 0 spiro atoms. The van der Waals surface area contributed by atoms with Crippen LogP contribution in [0.3, 0.4) is 0 Å². The summed E-state index contributed by atoms with van der Waals surface area (Å²) >= 11 is 0. The van der Waals surface area contributed by atoms with Crippen molar-refractivity contribution >= 4 is 5.91 Å². The maximum Gasteiger partial charge on any atom is 0.315 e. The van der Waals surface area contributed by atoms with Crippen molar-refractivity contribution in [3.05, 3.63) is 56.8 Å². The third kappa shape index (κ3) is 3.03. The van der Waals surface area contributed by atoms with Gasteiger partial charge in [0.2, 0.25) is 5.75 Å². The summed E-state index contributed by atoms with van der Waals surface area (Å²) in [6.07, 6.45) is 4.96. The van der Waals surface area contributed by atoms with E-state index in [1.165, 1.54) is 16.7 Å². The standard InChI is InChI=1S/C21H25N3O3/c1-13-9-14(2)11-15(10-13)21(5-3-4-6-21)12-16-23-20(27)18(25)17-19(26)22-7-8-24(16)17/h9-11,25H,3-8,12H2,1-2H3,(H,22,26). The fourth-order valence-corrected chi connectivity index (χ4v) is 4.76. The molecule has 1 amide bonds. The minimum Gasteiger partial charge on any atom is -0.501 e. The van der Waals surface area contributed by atoms with Gasteiger partial charge in [0.05, 0.1) is 0 Å². The molecule has 6 heteroatoms. The van der Waals surface area contributed by atoms with Crippen molar-refractivity contribution in [3.8, 4) is 5.75 Å². The predicted octanol–water partition coefficient (Wildman–Crippen LogP) is 2.36. The van der Waals surface area contributed by atoms with E-state index in [2.05, 4.69) is 42.3 Å².